The fourth-order valence-electron chi connectivity index (χ4n) is 1.52. The first kappa shape index (κ1) is 14.1. The van der Waals surface area contributed by atoms with Crippen molar-refractivity contribution in [2.75, 3.05) is 17.2 Å². The Morgan fingerprint density at radius 2 is 1.84 bits per heavy atom. The van der Waals surface area contributed by atoms with Gasteiger partial charge in [-0.15, -0.1) is 0 Å². The monoisotopic (exact) mass is 386 g/mol. The summed E-state index contributed by atoms with van der Waals surface area (Å²) >= 11 is 8.09. The largest absolute Gasteiger partial charge is 0.376 e. The highest BCUT2D eigenvalue weighted by Crippen LogP contribution is 2.15. The van der Waals surface area contributed by atoms with E-state index in [1.165, 1.54) is 0 Å². The van der Waals surface area contributed by atoms with E-state index in [4.69, 9.17) is 11.6 Å². The maximum atomic E-state index is 11.7. The molecular formula is C14H12ClIN2O. The van der Waals surface area contributed by atoms with Gasteiger partial charge >= 0.3 is 0 Å². The number of carbonyl (C=O) groups excluding carboxylic acids is 1. The average Bonchev–Trinajstić information content (AvgIpc) is 2.38. The van der Waals surface area contributed by atoms with Crippen LogP contribution in [0, 0.1) is 3.57 Å². The highest BCUT2D eigenvalue weighted by molar-refractivity contribution is 14.1. The van der Waals surface area contributed by atoms with Crippen molar-refractivity contribution in [1.29, 1.82) is 0 Å². The lowest BCUT2D eigenvalue weighted by molar-refractivity contribution is -0.114. The molecule has 0 bridgehead atoms. The van der Waals surface area contributed by atoms with Crippen LogP contribution >= 0.6 is 34.2 Å². The number of amides is 1. The molecule has 0 fully saturated rings. The van der Waals surface area contributed by atoms with E-state index >= 15 is 0 Å². The minimum atomic E-state index is -0.110. The molecule has 2 aromatic rings. The van der Waals surface area contributed by atoms with Crippen LogP contribution in [0.2, 0.25) is 5.02 Å². The molecule has 0 aliphatic heterocycles. The van der Waals surface area contributed by atoms with Gasteiger partial charge < -0.3 is 10.6 Å². The summed E-state index contributed by atoms with van der Waals surface area (Å²) in [6.07, 6.45) is 0. The molecule has 1 amide bonds. The van der Waals surface area contributed by atoms with Crippen LogP contribution < -0.4 is 10.6 Å². The van der Waals surface area contributed by atoms with Crippen LogP contribution in [0.15, 0.2) is 48.5 Å². The quantitative estimate of drug-likeness (QED) is 0.780. The molecular weight excluding hydrogens is 375 g/mol. The highest BCUT2D eigenvalue weighted by Gasteiger charge is 2.02. The van der Waals surface area contributed by atoms with E-state index in [0.29, 0.717) is 10.7 Å². The number of hydrogen-bond donors (Lipinski definition) is 2. The summed E-state index contributed by atoms with van der Waals surface area (Å²) in [5, 5.41) is 6.44. The van der Waals surface area contributed by atoms with Crippen molar-refractivity contribution < 1.29 is 4.79 Å². The Hall–Kier alpha value is -1.27. The van der Waals surface area contributed by atoms with E-state index in [1.54, 1.807) is 24.3 Å². The summed E-state index contributed by atoms with van der Waals surface area (Å²) in [6.45, 7) is 0.215. The van der Waals surface area contributed by atoms with Crippen molar-refractivity contribution in [2.45, 2.75) is 0 Å². The molecule has 0 aliphatic carbocycles. The topological polar surface area (TPSA) is 41.1 Å². The van der Waals surface area contributed by atoms with E-state index < -0.39 is 0 Å². The molecule has 2 N–H and O–H groups in total. The summed E-state index contributed by atoms with van der Waals surface area (Å²) in [4.78, 5) is 11.7. The number of hydrogen-bond acceptors (Lipinski definition) is 2. The van der Waals surface area contributed by atoms with Gasteiger partial charge in [0.1, 0.15) is 0 Å². The molecule has 98 valence electrons. The minimum absolute atomic E-state index is 0.110. The van der Waals surface area contributed by atoms with Crippen LogP contribution in [0.5, 0.6) is 0 Å². The lowest BCUT2D eigenvalue weighted by Crippen LogP contribution is -2.21. The van der Waals surface area contributed by atoms with Gasteiger partial charge in [0.25, 0.3) is 0 Å². The van der Waals surface area contributed by atoms with Crippen molar-refractivity contribution in [3.05, 3.63) is 57.1 Å². The molecule has 0 radical (unpaired) electrons. The number of rotatable bonds is 4. The summed E-state index contributed by atoms with van der Waals surface area (Å²) in [6, 6.07) is 14.9. The summed E-state index contributed by atoms with van der Waals surface area (Å²) < 4.78 is 1.16. The first-order valence-corrected chi connectivity index (χ1v) is 7.14. The predicted octanol–water partition coefficient (Wildman–Crippen LogP) is 4.00. The summed E-state index contributed by atoms with van der Waals surface area (Å²) in [7, 11) is 0. The third kappa shape index (κ3) is 4.72. The van der Waals surface area contributed by atoms with E-state index in [1.807, 2.05) is 24.3 Å². The fourth-order valence-corrected chi connectivity index (χ4v) is 2.07. The van der Waals surface area contributed by atoms with Gasteiger partial charge in [0.15, 0.2) is 0 Å². The molecule has 0 atom stereocenters. The number of anilines is 2. The van der Waals surface area contributed by atoms with Gasteiger partial charge in [-0.05, 0) is 65.1 Å². The first-order chi connectivity index (χ1) is 9.13. The molecule has 0 spiro atoms. The lowest BCUT2D eigenvalue weighted by Gasteiger charge is -2.08. The van der Waals surface area contributed by atoms with Gasteiger partial charge in [-0.25, -0.2) is 0 Å². The SMILES string of the molecule is O=C(CNc1ccc(I)cc1)Nc1cccc(Cl)c1. The minimum Gasteiger partial charge on any atom is -0.376 e. The molecule has 3 nitrogen and oxygen atoms in total. The Balaban J connectivity index is 1.86. The lowest BCUT2D eigenvalue weighted by atomic mass is 10.3. The maximum Gasteiger partial charge on any atom is 0.243 e. The second-order valence-corrected chi connectivity index (χ2v) is 5.60. The van der Waals surface area contributed by atoms with Gasteiger partial charge in [0.2, 0.25) is 5.91 Å². The van der Waals surface area contributed by atoms with Gasteiger partial charge in [0.05, 0.1) is 6.54 Å². The van der Waals surface area contributed by atoms with Gasteiger partial charge in [-0.2, -0.15) is 0 Å². The Bertz CT molecular complexity index is 572. The fraction of sp³-hybridized carbons (Fsp3) is 0.0714. The maximum absolute atomic E-state index is 11.7. The van der Waals surface area contributed by atoms with Gasteiger partial charge in [-0.1, -0.05) is 17.7 Å². The van der Waals surface area contributed by atoms with E-state index in [-0.39, 0.29) is 12.5 Å². The Labute approximate surface area is 130 Å². The second-order valence-electron chi connectivity index (χ2n) is 3.92. The summed E-state index contributed by atoms with van der Waals surface area (Å²) in [5.41, 5.74) is 1.61. The third-order valence-corrected chi connectivity index (χ3v) is 3.36. The zero-order chi connectivity index (χ0) is 13.7. The average molecular weight is 387 g/mol. The number of carbonyl (C=O) groups is 1. The van der Waals surface area contributed by atoms with Crippen molar-refractivity contribution in [3.63, 3.8) is 0 Å². The molecule has 0 saturated carbocycles. The van der Waals surface area contributed by atoms with E-state index in [9.17, 15) is 4.79 Å². The number of benzene rings is 2. The smallest absolute Gasteiger partial charge is 0.243 e. The Morgan fingerprint density at radius 3 is 2.53 bits per heavy atom. The summed E-state index contributed by atoms with van der Waals surface area (Å²) in [5.74, 6) is -0.110. The predicted molar refractivity (Wildman–Crippen MR) is 87.7 cm³/mol. The van der Waals surface area contributed by atoms with Crippen LogP contribution in [-0.2, 0) is 4.79 Å². The van der Waals surface area contributed by atoms with E-state index in [2.05, 4.69) is 33.2 Å². The van der Waals surface area contributed by atoms with Gasteiger partial charge in [0, 0.05) is 20.0 Å². The van der Waals surface area contributed by atoms with Crippen molar-refractivity contribution >= 4 is 51.5 Å². The normalized spacial score (nSPS) is 10.0. The van der Waals surface area contributed by atoms with Crippen molar-refractivity contribution in [2.24, 2.45) is 0 Å². The molecule has 0 heterocycles. The Morgan fingerprint density at radius 1 is 1.11 bits per heavy atom. The molecule has 0 saturated heterocycles. The molecule has 5 heteroatoms. The molecule has 19 heavy (non-hydrogen) atoms. The molecule has 2 aromatic carbocycles. The highest BCUT2D eigenvalue weighted by atomic mass is 127. The van der Waals surface area contributed by atoms with Crippen LogP contribution in [0.25, 0.3) is 0 Å². The molecule has 2 rings (SSSR count). The van der Waals surface area contributed by atoms with Crippen LogP contribution in [-0.4, -0.2) is 12.5 Å². The van der Waals surface area contributed by atoms with Gasteiger partial charge in [-0.3, -0.25) is 4.79 Å². The van der Waals surface area contributed by atoms with Crippen LogP contribution in [0.3, 0.4) is 0 Å². The Kier molecular flexibility index (Phi) is 5.04. The van der Waals surface area contributed by atoms with Crippen LogP contribution in [0.4, 0.5) is 11.4 Å². The van der Waals surface area contributed by atoms with E-state index in [0.717, 1.165) is 9.26 Å². The number of nitrogens with one attached hydrogen (secondary N) is 2. The van der Waals surface area contributed by atoms with Crippen LogP contribution in [0.1, 0.15) is 0 Å². The third-order valence-electron chi connectivity index (χ3n) is 2.41. The van der Waals surface area contributed by atoms with Crippen molar-refractivity contribution in [3.8, 4) is 0 Å². The molecule has 0 aliphatic rings. The first-order valence-electron chi connectivity index (χ1n) is 5.68. The second kappa shape index (κ2) is 6.77. The van der Waals surface area contributed by atoms with Crippen molar-refractivity contribution in [1.82, 2.24) is 0 Å². The zero-order valence-electron chi connectivity index (χ0n) is 9.99. The molecule has 0 aromatic heterocycles. The molecule has 0 unspecified atom stereocenters. The standard InChI is InChI=1S/C14H12ClIN2O/c15-10-2-1-3-13(8-10)18-14(19)9-17-12-6-4-11(16)5-7-12/h1-8,17H,9H2,(H,18,19). The zero-order valence-corrected chi connectivity index (χ0v) is 12.9. The number of halogens is 2.